The molecular formula is C3H6Li2O5. The molecule has 0 aliphatic rings. The third-order valence-corrected chi connectivity index (χ3v) is 0.1000. The fourth-order valence-electron chi connectivity index (χ4n) is 0. The number of hydrogen-bond acceptors (Lipinski definition) is 5. The third kappa shape index (κ3) is 238. The maximum absolute atomic E-state index is 8.33. The summed E-state index contributed by atoms with van der Waals surface area (Å²) < 4.78 is 0. The van der Waals surface area contributed by atoms with E-state index in [2.05, 4.69) is 0 Å². The SMILES string of the molecule is O=C([O-])[O-].OCCO.[Li+].[Li+]. The number of aliphatic hydroxyl groups excluding tert-OH is 2. The second-order valence-electron chi connectivity index (χ2n) is 0.697. The molecule has 0 aliphatic carbocycles. The van der Waals surface area contributed by atoms with E-state index >= 15 is 0 Å². The Morgan fingerprint density at radius 2 is 1.20 bits per heavy atom. The van der Waals surface area contributed by atoms with Crippen molar-refractivity contribution in [1.82, 2.24) is 0 Å². The zero-order valence-corrected chi connectivity index (χ0v) is 6.03. The Kier molecular flexibility index (Phi) is 51.1. The molecule has 2 N–H and O–H groups in total. The second-order valence-corrected chi connectivity index (χ2v) is 0.697. The summed E-state index contributed by atoms with van der Waals surface area (Å²) in [5.74, 6) is 0. The second kappa shape index (κ2) is 22.8. The molecule has 0 bridgehead atoms. The minimum absolute atomic E-state index is 0. The van der Waals surface area contributed by atoms with Crippen LogP contribution in [0.1, 0.15) is 0 Å². The van der Waals surface area contributed by atoms with E-state index in [1.165, 1.54) is 0 Å². The van der Waals surface area contributed by atoms with Gasteiger partial charge in [0.25, 0.3) is 0 Å². The van der Waals surface area contributed by atoms with E-state index in [9.17, 15) is 0 Å². The standard InChI is InChI=1S/C2H6O2.CH2O3.2Li/c3-1-2-4;2-1(3)4;;/h3-4H,1-2H2;(H2,2,3,4);;/q;;2*+1/p-2. The summed E-state index contributed by atoms with van der Waals surface area (Å²) in [6, 6.07) is 0. The smallest absolute Gasteiger partial charge is 0.652 e. The molecule has 0 fully saturated rings. The zero-order valence-electron chi connectivity index (χ0n) is 6.03. The molecule has 7 heteroatoms. The molecule has 5 nitrogen and oxygen atoms in total. The number of carboxylic acid groups (broad SMARTS) is 2. The first kappa shape index (κ1) is 22.4. The topological polar surface area (TPSA) is 104 Å². The monoisotopic (exact) mass is 136 g/mol. The van der Waals surface area contributed by atoms with Gasteiger partial charge in [0.15, 0.2) is 0 Å². The molecule has 0 unspecified atom stereocenters. The van der Waals surface area contributed by atoms with Crippen molar-refractivity contribution >= 4 is 6.16 Å². The minimum atomic E-state index is -2.33. The average molecular weight is 136 g/mol. The quantitative estimate of drug-likeness (QED) is 0.348. The average Bonchev–Trinajstić information content (AvgIpc) is 1.65. The molecule has 0 amide bonds. The van der Waals surface area contributed by atoms with Gasteiger partial charge < -0.3 is 25.2 Å². The van der Waals surface area contributed by atoms with E-state index < -0.39 is 6.16 Å². The Bertz CT molecular complexity index is 52.9. The maximum atomic E-state index is 8.33. The van der Waals surface area contributed by atoms with Gasteiger partial charge in [-0.3, -0.25) is 0 Å². The largest absolute Gasteiger partial charge is 1.00 e. The molecule has 0 heterocycles. The Labute approximate surface area is 82.4 Å². The van der Waals surface area contributed by atoms with Crippen molar-refractivity contribution in [3.05, 3.63) is 0 Å². The normalized spacial score (nSPS) is 5.40. The Morgan fingerprint density at radius 1 is 1.10 bits per heavy atom. The van der Waals surface area contributed by atoms with Gasteiger partial charge in [0.2, 0.25) is 0 Å². The summed E-state index contributed by atoms with van der Waals surface area (Å²) in [5, 5.41) is 31.9. The van der Waals surface area contributed by atoms with Crippen LogP contribution in [0.15, 0.2) is 0 Å². The van der Waals surface area contributed by atoms with Crippen LogP contribution in [0.25, 0.3) is 0 Å². The van der Waals surface area contributed by atoms with Gasteiger partial charge in [-0.1, -0.05) is 0 Å². The van der Waals surface area contributed by atoms with Crippen molar-refractivity contribution in [2.24, 2.45) is 0 Å². The molecule has 0 rings (SSSR count). The van der Waals surface area contributed by atoms with Gasteiger partial charge in [-0.25, -0.2) is 0 Å². The van der Waals surface area contributed by atoms with Crippen molar-refractivity contribution in [2.45, 2.75) is 0 Å². The first-order valence-corrected chi connectivity index (χ1v) is 1.74. The van der Waals surface area contributed by atoms with E-state index in [-0.39, 0.29) is 50.9 Å². The van der Waals surface area contributed by atoms with E-state index in [0.717, 1.165) is 0 Å². The molecule has 0 saturated heterocycles. The minimum Gasteiger partial charge on any atom is -0.652 e. The third-order valence-electron chi connectivity index (χ3n) is 0.1000. The Morgan fingerprint density at radius 3 is 1.20 bits per heavy atom. The number of carbonyl (C=O) groups is 1. The van der Waals surface area contributed by atoms with Crippen LogP contribution in [0.5, 0.6) is 0 Å². The zero-order chi connectivity index (χ0) is 6.99. The summed E-state index contributed by atoms with van der Waals surface area (Å²) in [6.45, 7) is -0.250. The molecule has 0 aromatic carbocycles. The molecule has 50 valence electrons. The van der Waals surface area contributed by atoms with Gasteiger partial charge in [-0.05, 0) is 6.16 Å². The first-order valence-electron chi connectivity index (χ1n) is 1.74. The predicted molar refractivity (Wildman–Crippen MR) is 19.6 cm³/mol. The summed E-state index contributed by atoms with van der Waals surface area (Å²) >= 11 is 0. The molecule has 0 aromatic rings. The Hall–Kier alpha value is 0.385. The Balaban J connectivity index is -0.0000000300. The van der Waals surface area contributed by atoms with Crippen LogP contribution in [0.2, 0.25) is 0 Å². The van der Waals surface area contributed by atoms with Crippen LogP contribution in [0.3, 0.4) is 0 Å². The summed E-state index contributed by atoms with van der Waals surface area (Å²) in [4.78, 5) is 8.33. The van der Waals surface area contributed by atoms with E-state index in [1.54, 1.807) is 0 Å². The molecule has 0 aliphatic heterocycles. The molecule has 0 radical (unpaired) electrons. The van der Waals surface area contributed by atoms with Crippen molar-refractivity contribution in [2.75, 3.05) is 13.2 Å². The summed E-state index contributed by atoms with van der Waals surface area (Å²) in [6.07, 6.45) is -2.33. The van der Waals surface area contributed by atoms with Gasteiger partial charge in [-0.2, -0.15) is 0 Å². The first-order chi connectivity index (χ1) is 3.65. The van der Waals surface area contributed by atoms with Crippen molar-refractivity contribution < 1.29 is 62.9 Å². The van der Waals surface area contributed by atoms with E-state index in [4.69, 9.17) is 25.2 Å². The van der Waals surface area contributed by atoms with Crippen LogP contribution in [-0.2, 0) is 0 Å². The number of hydrogen-bond donors (Lipinski definition) is 2. The van der Waals surface area contributed by atoms with Crippen LogP contribution in [0, 0.1) is 0 Å². The van der Waals surface area contributed by atoms with E-state index in [0.29, 0.717) is 0 Å². The van der Waals surface area contributed by atoms with Gasteiger partial charge >= 0.3 is 37.7 Å². The summed E-state index contributed by atoms with van der Waals surface area (Å²) in [7, 11) is 0. The molecule has 0 aromatic heterocycles. The molecular weight excluding hydrogens is 130 g/mol. The van der Waals surface area contributed by atoms with Gasteiger partial charge in [0, 0.05) is 0 Å². The number of carbonyl (C=O) groups excluding carboxylic acids is 1. The van der Waals surface area contributed by atoms with Crippen molar-refractivity contribution in [3.8, 4) is 0 Å². The van der Waals surface area contributed by atoms with E-state index in [1.807, 2.05) is 0 Å². The molecule has 0 spiro atoms. The van der Waals surface area contributed by atoms with Gasteiger partial charge in [0.1, 0.15) is 0 Å². The van der Waals surface area contributed by atoms with Gasteiger partial charge in [-0.15, -0.1) is 0 Å². The van der Waals surface area contributed by atoms with Crippen LogP contribution < -0.4 is 47.9 Å². The van der Waals surface area contributed by atoms with Crippen molar-refractivity contribution in [3.63, 3.8) is 0 Å². The predicted octanol–water partition coefficient (Wildman–Crippen LogP) is -9.47. The fraction of sp³-hybridized carbons (Fsp3) is 0.667. The maximum Gasteiger partial charge on any atom is 1.00 e. The molecule has 0 saturated carbocycles. The summed E-state index contributed by atoms with van der Waals surface area (Å²) in [5.41, 5.74) is 0. The van der Waals surface area contributed by atoms with Crippen molar-refractivity contribution in [1.29, 1.82) is 0 Å². The number of rotatable bonds is 1. The molecule has 0 atom stereocenters. The molecule has 10 heavy (non-hydrogen) atoms. The van der Waals surface area contributed by atoms with Crippen LogP contribution in [0.4, 0.5) is 4.79 Å². The fourth-order valence-corrected chi connectivity index (χ4v) is 0. The van der Waals surface area contributed by atoms with Crippen LogP contribution >= 0.6 is 0 Å². The number of aliphatic hydroxyl groups is 2. The van der Waals surface area contributed by atoms with Crippen LogP contribution in [-0.4, -0.2) is 29.6 Å². The van der Waals surface area contributed by atoms with Gasteiger partial charge in [0.05, 0.1) is 13.2 Å².